The van der Waals surface area contributed by atoms with Crippen LogP contribution in [0.25, 0.3) is 0 Å². The van der Waals surface area contributed by atoms with E-state index < -0.39 is 32.0 Å². The molecule has 2 atom stereocenters. The number of hydrogen-bond acceptors (Lipinski definition) is 6. The highest BCUT2D eigenvalue weighted by Gasteiger charge is 2.41. The van der Waals surface area contributed by atoms with Crippen LogP contribution in [0.15, 0.2) is 29.2 Å². The van der Waals surface area contributed by atoms with Gasteiger partial charge in [-0.3, -0.25) is 4.90 Å². The molecule has 0 radical (unpaired) electrons. The Bertz CT molecular complexity index is 842. The van der Waals surface area contributed by atoms with Gasteiger partial charge >= 0.3 is 0 Å². The van der Waals surface area contributed by atoms with Crippen LogP contribution in [-0.4, -0.2) is 81.0 Å². The molecular formula is C17H26N2O5S2. The molecule has 7 nitrogen and oxygen atoms in total. The van der Waals surface area contributed by atoms with Crippen molar-refractivity contribution in [3.05, 3.63) is 29.8 Å². The standard InChI is InChI=1S/C17H26N2O5S2/c1-13(2)14-3-5-15(6-4-14)26(23,24)19-9-7-18(8-10-19)16-11-25(21,22)12-17(16)20/h3-6,13,16-17,20H,7-12H2,1-2H3/t16-,17-/m1/s1. The first-order chi connectivity index (χ1) is 12.1. The number of aliphatic hydroxyl groups excluding tert-OH is 1. The maximum absolute atomic E-state index is 12.8. The number of benzene rings is 1. The van der Waals surface area contributed by atoms with Gasteiger partial charge in [-0.15, -0.1) is 0 Å². The lowest BCUT2D eigenvalue weighted by Crippen LogP contribution is -2.54. The summed E-state index contributed by atoms with van der Waals surface area (Å²) in [6, 6.07) is 6.53. The number of nitrogens with zero attached hydrogens (tertiary/aromatic N) is 2. The number of hydrogen-bond donors (Lipinski definition) is 1. The number of sulfone groups is 1. The molecule has 0 unspecified atom stereocenters. The topological polar surface area (TPSA) is 95.0 Å². The molecule has 2 saturated heterocycles. The summed E-state index contributed by atoms with van der Waals surface area (Å²) in [6.07, 6.45) is -0.897. The summed E-state index contributed by atoms with van der Waals surface area (Å²) >= 11 is 0. The highest BCUT2D eigenvalue weighted by Crippen LogP contribution is 2.24. The monoisotopic (exact) mass is 402 g/mol. The van der Waals surface area contributed by atoms with Crippen molar-refractivity contribution >= 4 is 19.9 Å². The minimum atomic E-state index is -3.56. The van der Waals surface area contributed by atoms with E-state index in [-0.39, 0.29) is 29.5 Å². The van der Waals surface area contributed by atoms with Crippen molar-refractivity contribution in [2.75, 3.05) is 37.7 Å². The molecule has 26 heavy (non-hydrogen) atoms. The van der Waals surface area contributed by atoms with Gasteiger partial charge in [0, 0.05) is 26.2 Å². The van der Waals surface area contributed by atoms with Crippen molar-refractivity contribution in [1.82, 2.24) is 9.21 Å². The van der Waals surface area contributed by atoms with Gasteiger partial charge in [-0.1, -0.05) is 26.0 Å². The molecule has 0 aromatic heterocycles. The van der Waals surface area contributed by atoms with E-state index in [4.69, 9.17) is 0 Å². The fourth-order valence-corrected chi connectivity index (χ4v) is 6.86. The lowest BCUT2D eigenvalue weighted by Gasteiger charge is -2.37. The van der Waals surface area contributed by atoms with E-state index in [9.17, 15) is 21.9 Å². The Morgan fingerprint density at radius 2 is 1.62 bits per heavy atom. The molecule has 2 heterocycles. The third-order valence-corrected chi connectivity index (χ3v) is 8.83. The molecule has 2 aliphatic heterocycles. The van der Waals surface area contributed by atoms with Crippen molar-refractivity contribution in [1.29, 1.82) is 0 Å². The fourth-order valence-electron chi connectivity index (χ4n) is 3.61. The Kier molecular flexibility index (Phi) is 5.47. The van der Waals surface area contributed by atoms with Crippen LogP contribution >= 0.6 is 0 Å². The van der Waals surface area contributed by atoms with Crippen molar-refractivity contribution in [2.45, 2.75) is 36.8 Å². The molecule has 0 bridgehead atoms. The van der Waals surface area contributed by atoms with Crippen LogP contribution in [0.4, 0.5) is 0 Å². The minimum Gasteiger partial charge on any atom is -0.390 e. The van der Waals surface area contributed by atoms with E-state index in [0.29, 0.717) is 19.0 Å². The van der Waals surface area contributed by atoms with E-state index in [1.807, 2.05) is 17.0 Å². The highest BCUT2D eigenvalue weighted by molar-refractivity contribution is 7.91. The predicted octanol–water partition coefficient (Wildman–Crippen LogP) is 0.274. The lowest BCUT2D eigenvalue weighted by molar-refractivity contribution is 0.0618. The second-order valence-corrected chi connectivity index (χ2v) is 11.5. The molecule has 146 valence electrons. The van der Waals surface area contributed by atoms with Crippen LogP contribution in [-0.2, 0) is 19.9 Å². The van der Waals surface area contributed by atoms with Gasteiger partial charge < -0.3 is 5.11 Å². The van der Waals surface area contributed by atoms with Crippen LogP contribution in [0.2, 0.25) is 0 Å². The van der Waals surface area contributed by atoms with Crippen molar-refractivity contribution in [3.63, 3.8) is 0 Å². The van der Waals surface area contributed by atoms with E-state index in [0.717, 1.165) is 5.56 Å². The number of aliphatic hydroxyl groups is 1. The summed E-state index contributed by atoms with van der Waals surface area (Å²) in [5.74, 6) is 0.0695. The Labute approximate surface area is 155 Å². The Balaban J connectivity index is 1.67. The van der Waals surface area contributed by atoms with E-state index in [1.54, 1.807) is 12.1 Å². The molecule has 0 saturated carbocycles. The first-order valence-corrected chi connectivity index (χ1v) is 12.1. The Morgan fingerprint density at radius 1 is 1.04 bits per heavy atom. The van der Waals surface area contributed by atoms with Gasteiger partial charge in [-0.25, -0.2) is 16.8 Å². The minimum absolute atomic E-state index is 0.0580. The largest absolute Gasteiger partial charge is 0.390 e. The van der Waals surface area contributed by atoms with Gasteiger partial charge in [0.15, 0.2) is 9.84 Å². The van der Waals surface area contributed by atoms with Crippen molar-refractivity contribution in [2.24, 2.45) is 0 Å². The van der Waals surface area contributed by atoms with Gasteiger partial charge in [-0.05, 0) is 23.6 Å². The number of piperazine rings is 1. The van der Waals surface area contributed by atoms with Crippen LogP contribution in [0.1, 0.15) is 25.3 Å². The van der Waals surface area contributed by atoms with Gasteiger partial charge in [0.1, 0.15) is 0 Å². The number of sulfonamides is 1. The molecule has 0 aliphatic carbocycles. The normalized spacial score (nSPS) is 27.8. The third kappa shape index (κ3) is 3.96. The van der Waals surface area contributed by atoms with Crippen LogP contribution in [0.5, 0.6) is 0 Å². The quantitative estimate of drug-likeness (QED) is 0.777. The van der Waals surface area contributed by atoms with E-state index in [2.05, 4.69) is 13.8 Å². The zero-order valence-electron chi connectivity index (χ0n) is 15.1. The first kappa shape index (κ1) is 19.8. The first-order valence-electron chi connectivity index (χ1n) is 8.83. The average molecular weight is 403 g/mol. The molecule has 9 heteroatoms. The average Bonchev–Trinajstić information content (AvgIpc) is 2.87. The van der Waals surface area contributed by atoms with Gasteiger partial charge in [0.25, 0.3) is 0 Å². The van der Waals surface area contributed by atoms with Gasteiger partial charge in [-0.2, -0.15) is 4.31 Å². The molecule has 1 N–H and O–H groups in total. The van der Waals surface area contributed by atoms with Gasteiger partial charge in [0.05, 0.1) is 28.5 Å². The SMILES string of the molecule is CC(C)c1ccc(S(=O)(=O)N2CCN([C@@H]3CS(=O)(=O)C[C@H]3O)CC2)cc1. The molecule has 2 aliphatic rings. The summed E-state index contributed by atoms with van der Waals surface area (Å²) in [5.41, 5.74) is 1.09. The third-order valence-electron chi connectivity index (χ3n) is 5.22. The summed E-state index contributed by atoms with van der Waals surface area (Å²) in [4.78, 5) is 2.17. The van der Waals surface area contributed by atoms with Crippen LogP contribution in [0, 0.1) is 0 Å². The summed E-state index contributed by atoms with van der Waals surface area (Å²) < 4.78 is 50.5. The fraction of sp³-hybridized carbons (Fsp3) is 0.647. The summed E-state index contributed by atoms with van der Waals surface area (Å²) in [5, 5.41) is 10.00. The Hall–Kier alpha value is -1.00. The second-order valence-electron chi connectivity index (χ2n) is 7.38. The summed E-state index contributed by atoms with van der Waals surface area (Å²) in [6.45, 7) is 5.52. The molecule has 0 spiro atoms. The summed E-state index contributed by atoms with van der Waals surface area (Å²) in [7, 11) is -6.78. The van der Waals surface area contributed by atoms with Crippen LogP contribution in [0.3, 0.4) is 0 Å². The maximum atomic E-state index is 12.8. The van der Waals surface area contributed by atoms with Crippen molar-refractivity contribution < 1.29 is 21.9 Å². The second kappa shape index (κ2) is 7.20. The van der Waals surface area contributed by atoms with E-state index >= 15 is 0 Å². The van der Waals surface area contributed by atoms with Crippen molar-refractivity contribution in [3.8, 4) is 0 Å². The smallest absolute Gasteiger partial charge is 0.243 e. The van der Waals surface area contributed by atoms with E-state index in [1.165, 1.54) is 4.31 Å². The molecule has 2 fully saturated rings. The zero-order valence-corrected chi connectivity index (χ0v) is 16.7. The molecule has 3 rings (SSSR count). The molecule has 0 amide bonds. The van der Waals surface area contributed by atoms with Gasteiger partial charge in [0.2, 0.25) is 10.0 Å². The maximum Gasteiger partial charge on any atom is 0.243 e. The highest BCUT2D eigenvalue weighted by atomic mass is 32.2. The molecular weight excluding hydrogens is 376 g/mol. The zero-order chi connectivity index (χ0) is 19.1. The lowest BCUT2D eigenvalue weighted by atomic mass is 10.0. The Morgan fingerprint density at radius 3 is 2.08 bits per heavy atom. The number of rotatable bonds is 4. The predicted molar refractivity (Wildman–Crippen MR) is 99.3 cm³/mol. The molecule has 1 aromatic rings. The van der Waals surface area contributed by atoms with Crippen LogP contribution < -0.4 is 0 Å². The molecule has 1 aromatic carbocycles.